The van der Waals surface area contributed by atoms with Crippen molar-refractivity contribution in [2.75, 3.05) is 25.5 Å². The highest BCUT2D eigenvalue weighted by Gasteiger charge is 2.54. The molecule has 1 aromatic carbocycles. The molecule has 0 unspecified atom stereocenters. The Morgan fingerprint density at radius 3 is 2.43 bits per heavy atom. The van der Waals surface area contributed by atoms with Crippen LogP contribution in [-0.4, -0.2) is 41.9 Å². The van der Waals surface area contributed by atoms with Crippen molar-refractivity contribution in [2.45, 2.75) is 61.8 Å². The van der Waals surface area contributed by atoms with Crippen LogP contribution in [0.4, 0.5) is 0 Å². The summed E-state index contributed by atoms with van der Waals surface area (Å²) >= 11 is 1.56. The zero-order chi connectivity index (χ0) is 20.6. The predicted octanol–water partition coefficient (Wildman–Crippen LogP) is 4.65. The molecule has 0 radical (unpaired) electrons. The molecule has 6 heteroatoms. The fourth-order valence-electron chi connectivity index (χ4n) is 6.64. The second kappa shape index (κ2) is 8.34. The lowest BCUT2D eigenvalue weighted by Crippen LogP contribution is -2.62. The van der Waals surface area contributed by atoms with Crippen molar-refractivity contribution in [3.8, 4) is 17.6 Å². The van der Waals surface area contributed by atoms with Gasteiger partial charge in [-0.15, -0.1) is 11.8 Å². The van der Waals surface area contributed by atoms with Crippen molar-refractivity contribution in [1.29, 1.82) is 5.26 Å². The molecule has 6 rings (SSSR count). The molecule has 0 atom stereocenters. The van der Waals surface area contributed by atoms with E-state index in [1.165, 1.54) is 19.3 Å². The lowest BCUT2D eigenvalue weighted by Gasteiger charge is -2.60. The maximum absolute atomic E-state index is 13.4. The monoisotopic (exact) mass is 426 g/mol. The summed E-state index contributed by atoms with van der Waals surface area (Å²) < 4.78 is 11.5. The third-order valence-corrected chi connectivity index (χ3v) is 8.39. The van der Waals surface area contributed by atoms with Crippen LogP contribution >= 0.6 is 11.8 Å². The van der Waals surface area contributed by atoms with Gasteiger partial charge in [-0.1, -0.05) is 0 Å². The normalized spacial score (nSPS) is 31.1. The molecule has 1 heterocycles. The van der Waals surface area contributed by atoms with Crippen LogP contribution in [0.2, 0.25) is 0 Å². The Morgan fingerprint density at radius 2 is 1.77 bits per heavy atom. The van der Waals surface area contributed by atoms with Crippen molar-refractivity contribution in [3.05, 3.63) is 18.2 Å². The second-order valence-corrected chi connectivity index (χ2v) is 10.6. The molecule has 1 aliphatic heterocycles. The van der Waals surface area contributed by atoms with Gasteiger partial charge >= 0.3 is 0 Å². The number of rotatable bonds is 6. The number of hydrogen-bond donors (Lipinski definition) is 0. The van der Waals surface area contributed by atoms with Crippen molar-refractivity contribution < 1.29 is 14.3 Å². The smallest absolute Gasteiger partial charge is 0.233 e. The van der Waals surface area contributed by atoms with Crippen molar-refractivity contribution in [3.63, 3.8) is 0 Å². The number of ether oxygens (including phenoxy) is 2. The minimum absolute atomic E-state index is 0.00790. The summed E-state index contributed by atoms with van der Waals surface area (Å²) in [5.74, 6) is 4.49. The van der Waals surface area contributed by atoms with Gasteiger partial charge in [0.05, 0.1) is 31.5 Å². The molecule has 0 spiro atoms. The predicted molar refractivity (Wildman–Crippen MR) is 116 cm³/mol. The fraction of sp³-hybridized carbons (Fsp3) is 0.667. The van der Waals surface area contributed by atoms with E-state index in [0.717, 1.165) is 59.8 Å². The van der Waals surface area contributed by atoms with Gasteiger partial charge in [0.1, 0.15) is 0 Å². The van der Waals surface area contributed by atoms with E-state index in [-0.39, 0.29) is 11.4 Å². The molecule has 5 aliphatic rings. The summed E-state index contributed by atoms with van der Waals surface area (Å²) in [6, 6.07) is 8.21. The van der Waals surface area contributed by atoms with Crippen molar-refractivity contribution in [1.82, 2.24) is 4.90 Å². The molecule has 4 fully saturated rings. The summed E-state index contributed by atoms with van der Waals surface area (Å²) in [6.07, 6.45) is 8.79. The van der Waals surface area contributed by atoms with Gasteiger partial charge in [0.25, 0.3) is 0 Å². The van der Waals surface area contributed by atoms with Crippen molar-refractivity contribution >= 4 is 17.7 Å². The Kier molecular flexibility index (Phi) is 5.58. The van der Waals surface area contributed by atoms with Gasteiger partial charge < -0.3 is 14.4 Å². The SMILES string of the molecule is N#CCCN(C(=O)CSc1ccc2c(c1)OCCCO2)C12CC3CC(CC(C3)C1)C2. The molecule has 0 saturated heterocycles. The van der Waals surface area contributed by atoms with Crippen LogP contribution < -0.4 is 9.47 Å². The number of carbonyl (C=O) groups is 1. The third-order valence-electron chi connectivity index (χ3n) is 7.41. The molecule has 4 saturated carbocycles. The molecule has 4 aliphatic carbocycles. The fourth-order valence-corrected chi connectivity index (χ4v) is 7.44. The van der Waals surface area contributed by atoms with E-state index in [2.05, 4.69) is 11.0 Å². The van der Waals surface area contributed by atoms with Crippen LogP contribution in [0.5, 0.6) is 11.5 Å². The lowest BCUT2D eigenvalue weighted by molar-refractivity contribution is -0.147. The lowest BCUT2D eigenvalue weighted by atomic mass is 9.52. The first-order valence-electron chi connectivity index (χ1n) is 11.3. The number of carbonyl (C=O) groups excluding carboxylic acids is 1. The number of nitriles is 1. The van der Waals surface area contributed by atoms with Gasteiger partial charge in [0.2, 0.25) is 5.91 Å². The first kappa shape index (κ1) is 20.1. The summed E-state index contributed by atoms with van der Waals surface area (Å²) in [5.41, 5.74) is 0.00790. The number of amides is 1. The van der Waals surface area contributed by atoms with Gasteiger partial charge in [-0.25, -0.2) is 0 Å². The summed E-state index contributed by atoms with van der Waals surface area (Å²) in [4.78, 5) is 16.6. The van der Waals surface area contributed by atoms with Gasteiger partial charge in [-0.2, -0.15) is 5.26 Å². The zero-order valence-corrected chi connectivity index (χ0v) is 18.3. The number of nitrogens with zero attached hydrogens (tertiary/aromatic N) is 2. The Hall–Kier alpha value is -1.87. The van der Waals surface area contributed by atoms with E-state index in [4.69, 9.17) is 9.47 Å². The van der Waals surface area contributed by atoms with E-state index in [0.29, 0.717) is 31.9 Å². The van der Waals surface area contributed by atoms with Crippen molar-refractivity contribution in [2.24, 2.45) is 17.8 Å². The average molecular weight is 427 g/mol. The first-order chi connectivity index (χ1) is 14.6. The topological polar surface area (TPSA) is 62.6 Å². The molecule has 4 bridgehead atoms. The van der Waals surface area contributed by atoms with E-state index >= 15 is 0 Å². The molecule has 5 nitrogen and oxygen atoms in total. The molecule has 1 amide bonds. The van der Waals surface area contributed by atoms with Crippen LogP contribution in [0.3, 0.4) is 0 Å². The number of thioether (sulfide) groups is 1. The molecular weight excluding hydrogens is 396 g/mol. The Morgan fingerprint density at radius 1 is 1.10 bits per heavy atom. The summed E-state index contributed by atoms with van der Waals surface area (Å²) in [5, 5.41) is 9.20. The van der Waals surface area contributed by atoms with Crippen LogP contribution in [-0.2, 0) is 4.79 Å². The molecule has 0 N–H and O–H groups in total. The van der Waals surface area contributed by atoms with E-state index in [9.17, 15) is 10.1 Å². The third kappa shape index (κ3) is 3.89. The van der Waals surface area contributed by atoms with Crippen LogP contribution in [0, 0.1) is 29.1 Å². The highest BCUT2D eigenvalue weighted by molar-refractivity contribution is 8.00. The van der Waals surface area contributed by atoms with Crippen LogP contribution in [0.1, 0.15) is 51.4 Å². The standard InChI is InChI=1S/C24H30N2O3S/c25-5-1-6-26(24-13-17-9-18(14-24)11-19(10-17)15-24)23(27)16-30-20-3-4-21-22(12-20)29-8-2-7-28-21/h3-4,12,17-19H,1-2,6-11,13-16H2. The van der Waals surface area contributed by atoms with E-state index in [1.54, 1.807) is 11.8 Å². The Labute approximate surface area is 183 Å². The number of hydrogen-bond acceptors (Lipinski definition) is 5. The molecule has 30 heavy (non-hydrogen) atoms. The van der Waals surface area contributed by atoms with Gasteiger partial charge in [0.15, 0.2) is 11.5 Å². The maximum atomic E-state index is 13.4. The Bertz CT molecular complexity index is 814. The minimum Gasteiger partial charge on any atom is -0.490 e. The van der Waals surface area contributed by atoms with E-state index in [1.807, 2.05) is 18.2 Å². The van der Waals surface area contributed by atoms with Gasteiger partial charge in [-0.05, 0) is 74.5 Å². The number of benzene rings is 1. The van der Waals surface area contributed by atoms with E-state index < -0.39 is 0 Å². The minimum atomic E-state index is 0.00790. The van der Waals surface area contributed by atoms with Gasteiger partial charge in [-0.3, -0.25) is 4.79 Å². The average Bonchev–Trinajstić information content (AvgIpc) is 2.96. The van der Waals surface area contributed by atoms with Crippen LogP contribution in [0.15, 0.2) is 23.1 Å². The molecule has 160 valence electrons. The Balaban J connectivity index is 1.29. The summed E-state index contributed by atoms with van der Waals surface area (Å²) in [6.45, 7) is 1.91. The molecular formula is C24H30N2O3S. The molecule has 1 aromatic rings. The number of fused-ring (bicyclic) bond motifs is 1. The summed E-state index contributed by atoms with van der Waals surface area (Å²) in [7, 11) is 0. The highest BCUT2D eigenvalue weighted by atomic mass is 32.2. The second-order valence-electron chi connectivity index (χ2n) is 9.54. The highest BCUT2D eigenvalue weighted by Crippen LogP contribution is 2.58. The maximum Gasteiger partial charge on any atom is 0.233 e. The zero-order valence-electron chi connectivity index (χ0n) is 17.5. The van der Waals surface area contributed by atoms with Crippen LogP contribution in [0.25, 0.3) is 0 Å². The molecule has 0 aromatic heterocycles. The first-order valence-corrected chi connectivity index (χ1v) is 12.3. The largest absolute Gasteiger partial charge is 0.490 e. The van der Waals surface area contributed by atoms with Gasteiger partial charge in [0, 0.05) is 23.4 Å². The quantitative estimate of drug-likeness (QED) is 0.620.